The van der Waals surface area contributed by atoms with E-state index in [0.29, 0.717) is 17.5 Å². The van der Waals surface area contributed by atoms with Gasteiger partial charge in [-0.1, -0.05) is 17.7 Å². The van der Waals surface area contributed by atoms with Gasteiger partial charge in [0.2, 0.25) is 0 Å². The number of aromatic nitrogens is 3. The zero-order valence-corrected chi connectivity index (χ0v) is 8.12. The van der Waals surface area contributed by atoms with E-state index >= 15 is 0 Å². The average molecular weight is 209 g/mol. The lowest BCUT2D eigenvalue weighted by atomic mass is 10.3. The van der Waals surface area contributed by atoms with Gasteiger partial charge in [0.1, 0.15) is 5.69 Å². The summed E-state index contributed by atoms with van der Waals surface area (Å²) in [6.07, 6.45) is 1.70. The van der Waals surface area contributed by atoms with Crippen molar-refractivity contribution >= 4 is 11.6 Å². The number of imidazole rings is 1. The van der Waals surface area contributed by atoms with Crippen LogP contribution < -0.4 is 5.73 Å². The van der Waals surface area contributed by atoms with Crippen LogP contribution in [-0.2, 0) is 6.54 Å². The van der Waals surface area contributed by atoms with E-state index in [1.165, 1.54) is 0 Å². The Morgan fingerprint density at radius 1 is 1.43 bits per heavy atom. The van der Waals surface area contributed by atoms with Crippen LogP contribution in [-0.4, -0.2) is 15.0 Å². The third-order valence-electron chi connectivity index (χ3n) is 1.84. The van der Waals surface area contributed by atoms with Gasteiger partial charge in [0, 0.05) is 12.7 Å². The molecule has 0 radical (unpaired) electrons. The van der Waals surface area contributed by atoms with Crippen molar-refractivity contribution in [3.8, 4) is 11.5 Å². The van der Waals surface area contributed by atoms with Gasteiger partial charge in [0.15, 0.2) is 11.0 Å². The van der Waals surface area contributed by atoms with Gasteiger partial charge in [-0.15, -0.1) is 0 Å². The molecule has 14 heavy (non-hydrogen) atoms. The molecule has 5 heteroatoms. The van der Waals surface area contributed by atoms with Gasteiger partial charge in [-0.3, -0.25) is 4.98 Å². The summed E-state index contributed by atoms with van der Waals surface area (Å²) >= 11 is 5.84. The second-order valence-electron chi connectivity index (χ2n) is 2.77. The molecule has 0 atom stereocenters. The maximum absolute atomic E-state index is 5.84. The molecule has 0 bridgehead atoms. The van der Waals surface area contributed by atoms with Crippen LogP contribution in [0.4, 0.5) is 0 Å². The Kier molecular flexibility index (Phi) is 2.47. The minimum Gasteiger partial charge on any atom is -0.338 e. The van der Waals surface area contributed by atoms with Crippen LogP contribution in [0.15, 0.2) is 24.4 Å². The molecule has 0 saturated heterocycles. The number of hydrogen-bond donors (Lipinski definition) is 2. The number of nitrogens with two attached hydrogens (primary N) is 1. The number of nitrogens with one attached hydrogen (secondary N) is 1. The lowest BCUT2D eigenvalue weighted by Crippen LogP contribution is -1.96. The highest BCUT2D eigenvalue weighted by molar-refractivity contribution is 6.30. The molecule has 3 N–H and O–H groups in total. The Balaban J connectivity index is 2.43. The SMILES string of the molecule is NCc1[nH]c(-c2ccccn2)nc1Cl. The molecule has 0 aliphatic rings. The molecular weight excluding hydrogens is 200 g/mol. The number of H-pyrrole nitrogens is 1. The summed E-state index contributed by atoms with van der Waals surface area (Å²) in [6.45, 7) is 0.346. The largest absolute Gasteiger partial charge is 0.338 e. The Hall–Kier alpha value is -1.39. The molecule has 0 aliphatic carbocycles. The van der Waals surface area contributed by atoms with E-state index in [1.54, 1.807) is 6.20 Å². The van der Waals surface area contributed by atoms with Crippen LogP contribution in [0, 0.1) is 0 Å². The third kappa shape index (κ3) is 1.62. The summed E-state index contributed by atoms with van der Waals surface area (Å²) in [4.78, 5) is 11.3. The Morgan fingerprint density at radius 2 is 2.29 bits per heavy atom. The number of pyridine rings is 1. The number of nitrogens with zero attached hydrogens (tertiary/aromatic N) is 2. The highest BCUT2D eigenvalue weighted by atomic mass is 35.5. The molecule has 0 aromatic carbocycles. The molecule has 72 valence electrons. The van der Waals surface area contributed by atoms with Gasteiger partial charge >= 0.3 is 0 Å². The van der Waals surface area contributed by atoms with E-state index in [9.17, 15) is 0 Å². The summed E-state index contributed by atoms with van der Waals surface area (Å²) in [7, 11) is 0. The van der Waals surface area contributed by atoms with E-state index in [1.807, 2.05) is 18.2 Å². The van der Waals surface area contributed by atoms with E-state index in [-0.39, 0.29) is 0 Å². The van der Waals surface area contributed by atoms with Crippen molar-refractivity contribution in [3.63, 3.8) is 0 Å². The van der Waals surface area contributed by atoms with Gasteiger partial charge < -0.3 is 10.7 Å². The molecule has 2 aromatic heterocycles. The molecule has 0 saturated carbocycles. The third-order valence-corrected chi connectivity index (χ3v) is 2.15. The van der Waals surface area contributed by atoms with E-state index in [0.717, 1.165) is 11.4 Å². The number of hydrogen-bond acceptors (Lipinski definition) is 3. The molecular formula is C9H9ClN4. The van der Waals surface area contributed by atoms with Gasteiger partial charge in [0.25, 0.3) is 0 Å². The van der Waals surface area contributed by atoms with Crippen molar-refractivity contribution in [2.45, 2.75) is 6.54 Å². The van der Waals surface area contributed by atoms with Crippen molar-refractivity contribution < 1.29 is 0 Å². The second kappa shape index (κ2) is 3.77. The van der Waals surface area contributed by atoms with Crippen LogP contribution in [0.3, 0.4) is 0 Å². The first-order valence-electron chi connectivity index (χ1n) is 4.17. The van der Waals surface area contributed by atoms with Gasteiger partial charge in [-0.25, -0.2) is 4.98 Å². The first-order valence-corrected chi connectivity index (χ1v) is 4.55. The summed E-state index contributed by atoms with van der Waals surface area (Å²) in [5.41, 5.74) is 6.95. The summed E-state index contributed by atoms with van der Waals surface area (Å²) in [5.74, 6) is 0.649. The summed E-state index contributed by atoms with van der Waals surface area (Å²) < 4.78 is 0. The van der Waals surface area contributed by atoms with Crippen LogP contribution >= 0.6 is 11.6 Å². The average Bonchev–Trinajstić information content (AvgIpc) is 2.61. The highest BCUT2D eigenvalue weighted by Gasteiger charge is 2.08. The van der Waals surface area contributed by atoms with Gasteiger partial charge in [-0.05, 0) is 12.1 Å². The van der Waals surface area contributed by atoms with Crippen molar-refractivity contribution in [3.05, 3.63) is 35.2 Å². The molecule has 4 nitrogen and oxygen atoms in total. The topological polar surface area (TPSA) is 67.6 Å². The summed E-state index contributed by atoms with van der Waals surface area (Å²) in [6, 6.07) is 5.59. The first-order chi connectivity index (χ1) is 6.81. The molecule has 0 aliphatic heterocycles. The lowest BCUT2D eigenvalue weighted by Gasteiger charge is -1.93. The number of rotatable bonds is 2. The molecule has 0 amide bonds. The van der Waals surface area contributed by atoms with Crippen LogP contribution in [0.2, 0.25) is 5.15 Å². The molecule has 2 aromatic rings. The molecule has 0 unspecified atom stereocenters. The van der Waals surface area contributed by atoms with Crippen LogP contribution in [0.5, 0.6) is 0 Å². The Bertz CT molecular complexity index is 424. The first kappa shape index (κ1) is 9.18. The predicted molar refractivity (Wildman–Crippen MR) is 54.7 cm³/mol. The standard InChI is InChI=1S/C9H9ClN4/c10-8-7(5-11)13-9(14-8)6-3-1-2-4-12-6/h1-4H,5,11H2,(H,13,14). The molecule has 2 heterocycles. The Labute approximate surface area is 86.1 Å². The second-order valence-corrected chi connectivity index (χ2v) is 3.13. The highest BCUT2D eigenvalue weighted by Crippen LogP contribution is 2.18. The van der Waals surface area contributed by atoms with Crippen molar-refractivity contribution in [1.82, 2.24) is 15.0 Å². The lowest BCUT2D eigenvalue weighted by molar-refractivity contribution is 1.01. The zero-order chi connectivity index (χ0) is 9.97. The van der Waals surface area contributed by atoms with E-state index in [2.05, 4.69) is 15.0 Å². The predicted octanol–water partition coefficient (Wildman–Crippen LogP) is 1.58. The molecule has 0 fully saturated rings. The van der Waals surface area contributed by atoms with Crippen LogP contribution in [0.1, 0.15) is 5.69 Å². The molecule has 0 spiro atoms. The fourth-order valence-electron chi connectivity index (χ4n) is 1.15. The van der Waals surface area contributed by atoms with Crippen molar-refractivity contribution in [2.24, 2.45) is 5.73 Å². The van der Waals surface area contributed by atoms with Crippen molar-refractivity contribution in [2.75, 3.05) is 0 Å². The quantitative estimate of drug-likeness (QED) is 0.788. The number of halogens is 1. The zero-order valence-electron chi connectivity index (χ0n) is 7.37. The Morgan fingerprint density at radius 3 is 2.86 bits per heavy atom. The minimum atomic E-state index is 0.346. The van der Waals surface area contributed by atoms with Gasteiger partial charge in [0.05, 0.1) is 5.69 Å². The minimum absolute atomic E-state index is 0.346. The maximum atomic E-state index is 5.84. The fourth-order valence-corrected chi connectivity index (χ4v) is 1.36. The smallest absolute Gasteiger partial charge is 0.158 e. The van der Waals surface area contributed by atoms with Crippen molar-refractivity contribution in [1.29, 1.82) is 0 Å². The summed E-state index contributed by atoms with van der Waals surface area (Å²) in [5, 5.41) is 0.410. The van der Waals surface area contributed by atoms with E-state index < -0.39 is 0 Å². The monoisotopic (exact) mass is 208 g/mol. The maximum Gasteiger partial charge on any atom is 0.158 e. The number of aromatic amines is 1. The van der Waals surface area contributed by atoms with Gasteiger partial charge in [-0.2, -0.15) is 0 Å². The van der Waals surface area contributed by atoms with Crippen LogP contribution in [0.25, 0.3) is 11.5 Å². The molecule has 2 rings (SSSR count). The fraction of sp³-hybridized carbons (Fsp3) is 0.111. The van der Waals surface area contributed by atoms with E-state index in [4.69, 9.17) is 17.3 Å². The normalized spacial score (nSPS) is 10.4.